The molecule has 1 aliphatic heterocycles. The number of aliphatic hydroxyl groups excluding tert-OH is 1. The Morgan fingerprint density at radius 2 is 2.00 bits per heavy atom. The SMILES string of the molecule is CC1(C)CN(Cc2c(Cl)cccc2Cl)CC(CO)O1. The van der Waals surface area contributed by atoms with Gasteiger partial charge in [-0.2, -0.15) is 0 Å². The predicted molar refractivity (Wildman–Crippen MR) is 77.8 cm³/mol. The van der Waals surface area contributed by atoms with Gasteiger partial charge < -0.3 is 9.84 Å². The van der Waals surface area contributed by atoms with Gasteiger partial charge in [0.1, 0.15) is 0 Å². The Kier molecular flexibility index (Phi) is 4.75. The molecule has 0 saturated carbocycles. The van der Waals surface area contributed by atoms with E-state index in [1.54, 1.807) is 0 Å². The summed E-state index contributed by atoms with van der Waals surface area (Å²) in [6, 6.07) is 5.53. The first-order valence-electron chi connectivity index (χ1n) is 6.35. The highest BCUT2D eigenvalue weighted by molar-refractivity contribution is 6.35. The van der Waals surface area contributed by atoms with Crippen molar-refractivity contribution in [1.82, 2.24) is 4.90 Å². The summed E-state index contributed by atoms with van der Waals surface area (Å²) in [6.07, 6.45) is -0.162. The van der Waals surface area contributed by atoms with E-state index in [0.29, 0.717) is 23.1 Å². The molecule has 0 radical (unpaired) electrons. The van der Waals surface area contributed by atoms with E-state index in [1.165, 1.54) is 0 Å². The van der Waals surface area contributed by atoms with Crippen molar-refractivity contribution in [2.75, 3.05) is 19.7 Å². The molecule has 2 rings (SSSR count). The normalized spacial score (nSPS) is 23.5. The Morgan fingerprint density at radius 3 is 2.58 bits per heavy atom. The highest BCUT2D eigenvalue weighted by Gasteiger charge is 2.33. The molecule has 1 aromatic carbocycles. The number of nitrogens with zero attached hydrogens (tertiary/aromatic N) is 1. The van der Waals surface area contributed by atoms with Gasteiger partial charge in [0.2, 0.25) is 0 Å². The Balaban J connectivity index is 2.14. The number of benzene rings is 1. The number of ether oxygens (including phenoxy) is 1. The van der Waals surface area contributed by atoms with Crippen molar-refractivity contribution in [2.24, 2.45) is 0 Å². The molecule has 0 bridgehead atoms. The first-order valence-corrected chi connectivity index (χ1v) is 7.11. The van der Waals surface area contributed by atoms with Crippen LogP contribution in [0.15, 0.2) is 18.2 Å². The number of rotatable bonds is 3. The van der Waals surface area contributed by atoms with Crippen molar-refractivity contribution in [3.63, 3.8) is 0 Å². The fourth-order valence-electron chi connectivity index (χ4n) is 2.54. The summed E-state index contributed by atoms with van der Waals surface area (Å²) < 4.78 is 5.79. The van der Waals surface area contributed by atoms with Crippen LogP contribution in [0.2, 0.25) is 10.0 Å². The molecule has 1 fully saturated rings. The summed E-state index contributed by atoms with van der Waals surface area (Å²) in [4.78, 5) is 2.22. The van der Waals surface area contributed by atoms with Crippen LogP contribution in [0, 0.1) is 0 Å². The Bertz CT molecular complexity index is 431. The quantitative estimate of drug-likeness (QED) is 0.932. The lowest BCUT2D eigenvalue weighted by Gasteiger charge is -2.42. The molecule has 1 aliphatic rings. The minimum Gasteiger partial charge on any atom is -0.394 e. The first kappa shape index (κ1) is 15.1. The largest absolute Gasteiger partial charge is 0.394 e. The van der Waals surface area contributed by atoms with Crippen molar-refractivity contribution in [3.05, 3.63) is 33.8 Å². The van der Waals surface area contributed by atoms with Crippen molar-refractivity contribution < 1.29 is 9.84 Å². The van der Waals surface area contributed by atoms with Crippen molar-refractivity contribution in [1.29, 1.82) is 0 Å². The van der Waals surface area contributed by atoms with Gasteiger partial charge in [0.25, 0.3) is 0 Å². The zero-order valence-electron chi connectivity index (χ0n) is 11.2. The van der Waals surface area contributed by atoms with Gasteiger partial charge in [-0.15, -0.1) is 0 Å². The topological polar surface area (TPSA) is 32.7 Å². The number of aliphatic hydroxyl groups is 1. The average molecular weight is 304 g/mol. The van der Waals surface area contributed by atoms with Gasteiger partial charge in [-0.05, 0) is 26.0 Å². The maximum atomic E-state index is 9.31. The molecule has 0 aliphatic carbocycles. The maximum Gasteiger partial charge on any atom is 0.0940 e. The van der Waals surface area contributed by atoms with Crippen molar-refractivity contribution >= 4 is 23.2 Å². The van der Waals surface area contributed by atoms with E-state index >= 15 is 0 Å². The van der Waals surface area contributed by atoms with Crippen LogP contribution in [0.1, 0.15) is 19.4 Å². The lowest BCUT2D eigenvalue weighted by Crippen LogP contribution is -2.53. The standard InChI is InChI=1S/C14H19Cl2NO2/c1-14(2)9-17(6-10(8-18)19-14)7-11-12(15)4-3-5-13(11)16/h3-5,10,18H,6-9H2,1-2H3. The summed E-state index contributed by atoms with van der Waals surface area (Å²) >= 11 is 12.4. The second-order valence-corrected chi connectivity index (χ2v) is 6.37. The summed E-state index contributed by atoms with van der Waals surface area (Å²) in [6.45, 7) is 6.20. The van der Waals surface area contributed by atoms with E-state index in [0.717, 1.165) is 12.1 Å². The zero-order valence-corrected chi connectivity index (χ0v) is 12.7. The van der Waals surface area contributed by atoms with Gasteiger partial charge in [0, 0.05) is 35.2 Å². The van der Waals surface area contributed by atoms with Gasteiger partial charge >= 0.3 is 0 Å². The first-order chi connectivity index (χ1) is 8.91. The molecule has 0 aromatic heterocycles. The minimum atomic E-state index is -0.278. The number of hydrogen-bond donors (Lipinski definition) is 1. The molecular formula is C14H19Cl2NO2. The maximum absolute atomic E-state index is 9.31. The fourth-order valence-corrected chi connectivity index (χ4v) is 3.06. The Hall–Kier alpha value is -0.320. The molecule has 3 nitrogen and oxygen atoms in total. The summed E-state index contributed by atoms with van der Waals surface area (Å²) in [5.41, 5.74) is 0.652. The highest BCUT2D eigenvalue weighted by atomic mass is 35.5. The second kappa shape index (κ2) is 5.98. The molecular weight excluding hydrogens is 285 g/mol. The molecule has 1 saturated heterocycles. The van der Waals surface area contributed by atoms with E-state index < -0.39 is 0 Å². The van der Waals surface area contributed by atoms with E-state index in [9.17, 15) is 5.11 Å². The van der Waals surface area contributed by atoms with E-state index in [1.807, 2.05) is 32.0 Å². The Morgan fingerprint density at radius 1 is 1.37 bits per heavy atom. The van der Waals surface area contributed by atoms with E-state index in [4.69, 9.17) is 27.9 Å². The summed E-state index contributed by atoms with van der Waals surface area (Å²) in [5, 5.41) is 10.7. The number of hydrogen-bond acceptors (Lipinski definition) is 3. The summed E-state index contributed by atoms with van der Waals surface area (Å²) in [5.74, 6) is 0. The Labute approximate surface area is 124 Å². The van der Waals surface area contributed by atoms with Crippen LogP contribution in [0.5, 0.6) is 0 Å². The lowest BCUT2D eigenvalue weighted by atomic mass is 10.0. The molecule has 106 valence electrons. The smallest absolute Gasteiger partial charge is 0.0940 e. The molecule has 1 unspecified atom stereocenters. The molecule has 1 heterocycles. The lowest BCUT2D eigenvalue weighted by molar-refractivity contribution is -0.150. The van der Waals surface area contributed by atoms with Crippen LogP contribution >= 0.6 is 23.2 Å². The molecule has 5 heteroatoms. The monoisotopic (exact) mass is 303 g/mol. The molecule has 19 heavy (non-hydrogen) atoms. The number of morpholine rings is 1. The van der Waals surface area contributed by atoms with Crippen LogP contribution in [-0.4, -0.2) is 41.4 Å². The predicted octanol–water partition coefficient (Wildman–Crippen LogP) is 2.97. The van der Waals surface area contributed by atoms with Crippen LogP contribution < -0.4 is 0 Å². The van der Waals surface area contributed by atoms with Crippen molar-refractivity contribution in [2.45, 2.75) is 32.1 Å². The molecule has 1 N–H and O–H groups in total. The van der Waals surface area contributed by atoms with Crippen LogP contribution in [0.4, 0.5) is 0 Å². The third-order valence-electron chi connectivity index (χ3n) is 3.20. The van der Waals surface area contributed by atoms with Gasteiger partial charge in [-0.1, -0.05) is 29.3 Å². The van der Waals surface area contributed by atoms with Crippen LogP contribution in [0.3, 0.4) is 0 Å². The third kappa shape index (κ3) is 3.83. The average Bonchev–Trinajstić information content (AvgIpc) is 2.32. The molecule has 0 amide bonds. The van der Waals surface area contributed by atoms with Gasteiger partial charge in [-0.3, -0.25) is 4.90 Å². The highest BCUT2D eigenvalue weighted by Crippen LogP contribution is 2.28. The van der Waals surface area contributed by atoms with Crippen LogP contribution in [0.25, 0.3) is 0 Å². The minimum absolute atomic E-state index is 0.0240. The zero-order chi connectivity index (χ0) is 14.0. The van der Waals surface area contributed by atoms with E-state index in [2.05, 4.69) is 4.90 Å². The van der Waals surface area contributed by atoms with E-state index in [-0.39, 0.29) is 18.3 Å². The molecule has 1 aromatic rings. The van der Waals surface area contributed by atoms with Crippen LogP contribution in [-0.2, 0) is 11.3 Å². The summed E-state index contributed by atoms with van der Waals surface area (Å²) in [7, 11) is 0. The second-order valence-electron chi connectivity index (χ2n) is 5.55. The number of halogens is 2. The van der Waals surface area contributed by atoms with Gasteiger partial charge in [-0.25, -0.2) is 0 Å². The molecule has 1 atom stereocenters. The van der Waals surface area contributed by atoms with Crippen molar-refractivity contribution in [3.8, 4) is 0 Å². The molecule has 0 spiro atoms. The fraction of sp³-hybridized carbons (Fsp3) is 0.571. The third-order valence-corrected chi connectivity index (χ3v) is 3.91. The van der Waals surface area contributed by atoms with Gasteiger partial charge in [0.05, 0.1) is 18.3 Å². The van der Waals surface area contributed by atoms with Gasteiger partial charge in [0.15, 0.2) is 0 Å².